The van der Waals surface area contributed by atoms with Gasteiger partial charge in [0.1, 0.15) is 6.54 Å². The summed E-state index contributed by atoms with van der Waals surface area (Å²) in [4.78, 5) is 24.9. The average molecular weight is 429 g/mol. The lowest BCUT2D eigenvalue weighted by Crippen LogP contribution is -2.28. The van der Waals surface area contributed by atoms with E-state index in [0.717, 1.165) is 20.8 Å². The highest BCUT2D eigenvalue weighted by Crippen LogP contribution is 2.25. The van der Waals surface area contributed by atoms with Crippen LogP contribution >= 0.6 is 11.3 Å². The number of hydrogen-bond acceptors (Lipinski definition) is 7. The highest BCUT2D eigenvalue weighted by molar-refractivity contribution is 7.13. The zero-order chi connectivity index (χ0) is 21.2. The van der Waals surface area contributed by atoms with Crippen LogP contribution in [0.25, 0.3) is 27.6 Å². The van der Waals surface area contributed by atoms with Gasteiger partial charge in [-0.3, -0.25) is 9.59 Å². The van der Waals surface area contributed by atoms with Gasteiger partial charge in [-0.15, -0.1) is 21.5 Å². The number of rotatable bonds is 5. The zero-order valence-electron chi connectivity index (χ0n) is 16.0. The van der Waals surface area contributed by atoms with E-state index in [2.05, 4.69) is 25.7 Å². The second-order valence-corrected chi connectivity index (χ2v) is 7.58. The summed E-state index contributed by atoms with van der Waals surface area (Å²) in [6, 6.07) is 17.9. The van der Waals surface area contributed by atoms with Crippen molar-refractivity contribution in [2.75, 3.05) is 5.32 Å². The highest BCUT2D eigenvalue weighted by Gasteiger charge is 2.12. The molecule has 0 aliphatic rings. The van der Waals surface area contributed by atoms with Crippen LogP contribution in [0, 0.1) is 0 Å². The highest BCUT2D eigenvalue weighted by atomic mass is 32.1. The minimum atomic E-state index is -0.335. The van der Waals surface area contributed by atoms with Crippen LogP contribution in [0.2, 0.25) is 0 Å². The van der Waals surface area contributed by atoms with Crippen molar-refractivity contribution in [3.05, 3.63) is 82.6 Å². The second-order valence-electron chi connectivity index (χ2n) is 6.63. The Morgan fingerprint density at radius 3 is 2.65 bits per heavy atom. The summed E-state index contributed by atoms with van der Waals surface area (Å²) < 4.78 is 2.83. The second kappa shape index (κ2) is 7.92. The number of carbonyl (C=O) groups excluding carboxylic acids is 1. The first-order valence-corrected chi connectivity index (χ1v) is 10.2. The molecule has 0 saturated carbocycles. The van der Waals surface area contributed by atoms with Crippen molar-refractivity contribution in [1.82, 2.24) is 29.6 Å². The molecule has 1 amide bonds. The number of aromatic nitrogens is 6. The summed E-state index contributed by atoms with van der Waals surface area (Å²) >= 11 is 1.58. The molecule has 0 radical (unpaired) electrons. The van der Waals surface area contributed by atoms with Crippen LogP contribution in [0.5, 0.6) is 0 Å². The van der Waals surface area contributed by atoms with Crippen molar-refractivity contribution in [3.8, 4) is 22.0 Å². The molecule has 152 valence electrons. The van der Waals surface area contributed by atoms with Crippen LogP contribution in [0.3, 0.4) is 0 Å². The van der Waals surface area contributed by atoms with Crippen molar-refractivity contribution in [2.24, 2.45) is 0 Å². The van der Waals surface area contributed by atoms with Gasteiger partial charge in [0.05, 0.1) is 10.6 Å². The number of nitrogens with zero attached hydrogens (tertiary/aromatic N) is 6. The van der Waals surface area contributed by atoms with Gasteiger partial charge in [0, 0.05) is 23.5 Å². The maximum atomic E-state index is 12.2. The quantitative estimate of drug-likeness (QED) is 0.460. The van der Waals surface area contributed by atoms with E-state index in [1.54, 1.807) is 28.0 Å². The smallest absolute Gasteiger partial charge is 0.267 e. The molecule has 0 atom stereocenters. The molecule has 0 saturated heterocycles. The Bertz CT molecular complexity index is 1420. The van der Waals surface area contributed by atoms with E-state index < -0.39 is 0 Å². The molecule has 9 nitrogen and oxygen atoms in total. The van der Waals surface area contributed by atoms with Gasteiger partial charge in [-0.25, -0.2) is 4.68 Å². The summed E-state index contributed by atoms with van der Waals surface area (Å²) in [6.07, 6.45) is 1.47. The summed E-state index contributed by atoms with van der Waals surface area (Å²) in [5.41, 5.74) is 2.59. The number of hydrogen-bond donors (Lipinski definition) is 1. The molecule has 0 fully saturated rings. The summed E-state index contributed by atoms with van der Waals surface area (Å²) in [5.74, 6) is 0.360. The molecule has 0 spiro atoms. The van der Waals surface area contributed by atoms with Crippen molar-refractivity contribution in [3.63, 3.8) is 0 Å². The normalized spacial score (nSPS) is 11.0. The predicted octanol–water partition coefficient (Wildman–Crippen LogP) is 2.72. The molecule has 4 aromatic heterocycles. The number of carbonyl (C=O) groups is 1. The van der Waals surface area contributed by atoms with Crippen molar-refractivity contribution < 1.29 is 4.79 Å². The molecule has 1 aromatic carbocycles. The summed E-state index contributed by atoms with van der Waals surface area (Å²) in [7, 11) is 0. The summed E-state index contributed by atoms with van der Waals surface area (Å²) in [5, 5.41) is 21.7. The van der Waals surface area contributed by atoms with Gasteiger partial charge in [0.2, 0.25) is 5.91 Å². The monoisotopic (exact) mass is 429 g/mol. The van der Waals surface area contributed by atoms with Crippen LogP contribution in [0.15, 0.2) is 77.0 Å². The van der Waals surface area contributed by atoms with Gasteiger partial charge in [-0.1, -0.05) is 18.2 Å². The first kappa shape index (κ1) is 18.8. The van der Waals surface area contributed by atoms with Gasteiger partial charge in [-0.2, -0.15) is 14.7 Å². The Labute approximate surface area is 179 Å². The van der Waals surface area contributed by atoms with Gasteiger partial charge < -0.3 is 5.32 Å². The van der Waals surface area contributed by atoms with Crippen molar-refractivity contribution in [2.45, 2.75) is 6.54 Å². The largest absolute Gasteiger partial charge is 0.324 e. The van der Waals surface area contributed by atoms with Gasteiger partial charge in [0.25, 0.3) is 5.56 Å². The van der Waals surface area contributed by atoms with Crippen molar-refractivity contribution in [1.29, 1.82) is 0 Å². The number of anilines is 1. The Kier molecular flexibility index (Phi) is 4.81. The van der Waals surface area contributed by atoms with Crippen LogP contribution in [0.4, 0.5) is 5.69 Å². The van der Waals surface area contributed by atoms with Gasteiger partial charge in [0.15, 0.2) is 11.5 Å². The van der Waals surface area contributed by atoms with E-state index in [-0.39, 0.29) is 18.0 Å². The molecule has 0 aliphatic carbocycles. The number of thiophene rings is 1. The summed E-state index contributed by atoms with van der Waals surface area (Å²) in [6.45, 7) is -0.154. The maximum absolute atomic E-state index is 12.2. The van der Waals surface area contributed by atoms with E-state index in [1.165, 1.54) is 18.3 Å². The molecule has 1 N–H and O–H groups in total. The fourth-order valence-corrected chi connectivity index (χ4v) is 3.76. The van der Waals surface area contributed by atoms with E-state index in [1.807, 2.05) is 41.8 Å². The van der Waals surface area contributed by atoms with Crippen LogP contribution in [-0.4, -0.2) is 35.5 Å². The topological polar surface area (TPSA) is 107 Å². The molecule has 31 heavy (non-hydrogen) atoms. The molecule has 10 heteroatoms. The SMILES string of the molecule is O=C(Cn1ncccc1=O)Nc1ccc(-c2ccc3nnc(-c4cccs4)n3n2)cc1. The zero-order valence-corrected chi connectivity index (χ0v) is 16.9. The molecule has 0 bridgehead atoms. The fourth-order valence-electron chi connectivity index (χ4n) is 3.07. The van der Waals surface area contributed by atoms with E-state index in [9.17, 15) is 9.59 Å². The van der Waals surface area contributed by atoms with Crippen LogP contribution in [0.1, 0.15) is 0 Å². The van der Waals surface area contributed by atoms with E-state index >= 15 is 0 Å². The first-order valence-electron chi connectivity index (χ1n) is 9.36. The lowest BCUT2D eigenvalue weighted by Gasteiger charge is -2.07. The lowest BCUT2D eigenvalue weighted by molar-refractivity contribution is -0.117. The minimum Gasteiger partial charge on any atom is -0.324 e. The Morgan fingerprint density at radius 2 is 1.87 bits per heavy atom. The molecular weight excluding hydrogens is 414 g/mol. The number of benzene rings is 1. The Morgan fingerprint density at radius 1 is 1.00 bits per heavy atom. The van der Waals surface area contributed by atoms with Crippen LogP contribution in [-0.2, 0) is 11.3 Å². The molecule has 4 heterocycles. The molecular formula is C21H15N7O2S. The van der Waals surface area contributed by atoms with E-state index in [0.29, 0.717) is 17.2 Å². The molecule has 5 rings (SSSR count). The fraction of sp³-hybridized carbons (Fsp3) is 0.0476. The van der Waals surface area contributed by atoms with Crippen LogP contribution < -0.4 is 10.9 Å². The number of nitrogens with one attached hydrogen (secondary N) is 1. The Balaban J connectivity index is 1.35. The van der Waals surface area contributed by atoms with Crippen molar-refractivity contribution >= 4 is 28.6 Å². The predicted molar refractivity (Wildman–Crippen MR) is 117 cm³/mol. The molecule has 0 aliphatic heterocycles. The molecule has 5 aromatic rings. The number of fused-ring (bicyclic) bond motifs is 1. The first-order chi connectivity index (χ1) is 15.2. The Hall–Kier alpha value is -4.18. The maximum Gasteiger partial charge on any atom is 0.267 e. The minimum absolute atomic E-state index is 0.154. The average Bonchev–Trinajstić information content (AvgIpc) is 3.45. The van der Waals surface area contributed by atoms with E-state index in [4.69, 9.17) is 0 Å². The van der Waals surface area contributed by atoms with Gasteiger partial charge >= 0.3 is 0 Å². The third-order valence-corrected chi connectivity index (χ3v) is 5.41. The number of amides is 1. The lowest BCUT2D eigenvalue weighted by atomic mass is 10.1. The van der Waals surface area contributed by atoms with Gasteiger partial charge in [-0.05, 0) is 41.8 Å². The third-order valence-electron chi connectivity index (χ3n) is 4.55. The third kappa shape index (κ3) is 3.83. The standard InChI is InChI=1S/C21H15N7O2S/c29-19(13-27-20(30)4-1-11-22-27)23-15-7-5-14(6-8-15)16-9-10-18-24-25-21(28(18)26-16)17-3-2-12-31-17/h1-12H,13H2,(H,23,29). The molecule has 0 unspecified atom stereocenters.